The van der Waals surface area contributed by atoms with Crippen LogP contribution in [-0.4, -0.2) is 26.7 Å². The third kappa shape index (κ3) is 4.61. The fraction of sp³-hybridized carbons (Fsp3) is 0.250. The number of sulfonamides is 1. The lowest BCUT2D eigenvalue weighted by atomic mass is 9.95. The van der Waals surface area contributed by atoms with Crippen LogP contribution in [0.4, 0.5) is 0 Å². The van der Waals surface area contributed by atoms with Crippen LogP contribution >= 0.6 is 11.3 Å². The van der Waals surface area contributed by atoms with E-state index < -0.39 is 10.0 Å². The molecule has 1 aliphatic rings. The molecule has 2 aromatic carbocycles. The first-order chi connectivity index (χ1) is 15.4. The second-order valence-electron chi connectivity index (χ2n) is 7.76. The zero-order valence-electron chi connectivity index (χ0n) is 17.9. The highest BCUT2D eigenvalue weighted by Gasteiger charge is 2.30. The lowest BCUT2D eigenvalue weighted by Gasteiger charge is -2.19. The number of thiophene rings is 1. The Hall–Kier alpha value is -2.97. The van der Waals surface area contributed by atoms with Crippen molar-refractivity contribution in [2.75, 3.05) is 6.54 Å². The fourth-order valence-corrected chi connectivity index (χ4v) is 5.69. The van der Waals surface area contributed by atoms with Gasteiger partial charge in [0.15, 0.2) is 0 Å². The molecule has 0 saturated heterocycles. The van der Waals surface area contributed by atoms with Crippen LogP contribution in [0.3, 0.4) is 0 Å². The minimum atomic E-state index is -3.63. The van der Waals surface area contributed by atoms with E-state index >= 15 is 0 Å². The number of carbonyl (C=O) groups is 1. The number of carbonyl (C=O) groups excluding carboxylic acids is 1. The number of nitrogens with zero attached hydrogens (tertiary/aromatic N) is 1. The average Bonchev–Trinajstić information content (AvgIpc) is 3.42. The third-order valence-electron chi connectivity index (χ3n) is 5.63. The number of amidine groups is 1. The zero-order chi connectivity index (χ0) is 22.7. The van der Waals surface area contributed by atoms with Crippen molar-refractivity contribution in [3.05, 3.63) is 87.6 Å². The standard InChI is InChI=1S/C24H25N3O3S2/c1-3-16(2)17-10-12-18(13-11-17)23(20-8-6-14-31-20)26-22(28)15-25-24-19-7-4-5-9-21(19)32(29,30)27-24/h4-14,16,23H,3,15H2,1-2H3,(H,25,27)(H,26,28). The summed E-state index contributed by atoms with van der Waals surface area (Å²) in [5.74, 6) is 0.388. The molecule has 1 amide bonds. The molecule has 0 fully saturated rings. The Morgan fingerprint density at radius 3 is 2.47 bits per heavy atom. The highest BCUT2D eigenvalue weighted by atomic mass is 32.2. The molecule has 2 atom stereocenters. The Kier molecular flexibility index (Phi) is 6.43. The van der Waals surface area contributed by atoms with Crippen molar-refractivity contribution < 1.29 is 13.2 Å². The molecule has 1 aliphatic heterocycles. The Labute approximate surface area is 192 Å². The molecule has 0 spiro atoms. The van der Waals surface area contributed by atoms with Gasteiger partial charge in [0.05, 0.1) is 10.9 Å². The monoisotopic (exact) mass is 467 g/mol. The number of aliphatic imine (C=N–C) groups is 1. The Morgan fingerprint density at radius 2 is 1.78 bits per heavy atom. The van der Waals surface area contributed by atoms with Gasteiger partial charge in [0.1, 0.15) is 12.4 Å². The van der Waals surface area contributed by atoms with Crippen molar-refractivity contribution in [2.45, 2.75) is 37.1 Å². The Balaban J connectivity index is 1.53. The van der Waals surface area contributed by atoms with E-state index in [2.05, 4.69) is 53.1 Å². The normalized spacial score (nSPS) is 17.4. The van der Waals surface area contributed by atoms with Crippen LogP contribution < -0.4 is 10.0 Å². The van der Waals surface area contributed by atoms with Crippen LogP contribution in [0.15, 0.2) is 75.9 Å². The minimum Gasteiger partial charge on any atom is -0.343 e. The number of amides is 1. The number of nitrogens with one attached hydrogen (secondary N) is 2. The van der Waals surface area contributed by atoms with Crippen molar-refractivity contribution in [3.63, 3.8) is 0 Å². The van der Waals surface area contributed by atoms with Crippen molar-refractivity contribution in [1.82, 2.24) is 10.0 Å². The largest absolute Gasteiger partial charge is 0.343 e. The van der Waals surface area contributed by atoms with Gasteiger partial charge in [-0.2, -0.15) is 0 Å². The maximum absolute atomic E-state index is 12.8. The van der Waals surface area contributed by atoms with Gasteiger partial charge in [-0.15, -0.1) is 11.3 Å². The molecule has 4 rings (SSSR count). The molecule has 1 aromatic heterocycles. The lowest BCUT2D eigenvalue weighted by molar-refractivity contribution is -0.120. The summed E-state index contributed by atoms with van der Waals surface area (Å²) in [4.78, 5) is 18.2. The number of hydrogen-bond acceptors (Lipinski definition) is 5. The molecule has 8 heteroatoms. The van der Waals surface area contributed by atoms with E-state index in [1.807, 2.05) is 17.5 Å². The summed E-state index contributed by atoms with van der Waals surface area (Å²) >= 11 is 1.57. The van der Waals surface area contributed by atoms with E-state index in [9.17, 15) is 13.2 Å². The Bertz CT molecular complexity index is 1230. The summed E-state index contributed by atoms with van der Waals surface area (Å²) in [6.07, 6.45) is 1.07. The summed E-state index contributed by atoms with van der Waals surface area (Å²) in [7, 11) is -3.63. The molecule has 0 radical (unpaired) electrons. The van der Waals surface area contributed by atoms with Crippen LogP contribution in [0.25, 0.3) is 0 Å². The van der Waals surface area contributed by atoms with E-state index in [0.717, 1.165) is 16.9 Å². The van der Waals surface area contributed by atoms with E-state index in [1.54, 1.807) is 29.5 Å². The zero-order valence-corrected chi connectivity index (χ0v) is 19.5. The van der Waals surface area contributed by atoms with E-state index in [-0.39, 0.29) is 29.2 Å². The van der Waals surface area contributed by atoms with Gasteiger partial charge in [-0.1, -0.05) is 56.3 Å². The highest BCUT2D eigenvalue weighted by Crippen LogP contribution is 2.28. The van der Waals surface area contributed by atoms with Gasteiger partial charge in [-0.25, -0.2) is 8.42 Å². The molecular weight excluding hydrogens is 442 g/mol. The van der Waals surface area contributed by atoms with Gasteiger partial charge < -0.3 is 5.32 Å². The molecule has 2 heterocycles. The summed E-state index contributed by atoms with van der Waals surface area (Å²) in [6.45, 7) is 4.18. The van der Waals surface area contributed by atoms with Crippen molar-refractivity contribution in [2.24, 2.45) is 4.99 Å². The molecule has 6 nitrogen and oxygen atoms in total. The van der Waals surface area contributed by atoms with Crippen LogP contribution in [0, 0.1) is 0 Å². The first-order valence-electron chi connectivity index (χ1n) is 10.5. The van der Waals surface area contributed by atoms with E-state index in [1.165, 1.54) is 11.6 Å². The van der Waals surface area contributed by atoms with Gasteiger partial charge in [-0.3, -0.25) is 14.5 Å². The lowest BCUT2D eigenvalue weighted by Crippen LogP contribution is -2.31. The van der Waals surface area contributed by atoms with Crippen molar-refractivity contribution >= 4 is 33.1 Å². The second kappa shape index (κ2) is 9.26. The SMILES string of the molecule is CCC(C)c1ccc(C(NC(=O)CN=C2NS(=O)(=O)c3ccccc32)c2cccs2)cc1. The summed E-state index contributed by atoms with van der Waals surface area (Å²) in [6, 6.07) is 18.6. The molecular formula is C24H25N3O3S2. The topological polar surface area (TPSA) is 87.6 Å². The van der Waals surface area contributed by atoms with Gasteiger partial charge in [0, 0.05) is 10.4 Å². The van der Waals surface area contributed by atoms with Crippen LogP contribution in [0.1, 0.15) is 53.8 Å². The molecule has 2 unspecified atom stereocenters. The molecule has 166 valence electrons. The minimum absolute atomic E-state index is 0.178. The van der Waals surface area contributed by atoms with E-state index in [0.29, 0.717) is 11.5 Å². The smallest absolute Gasteiger partial charge is 0.263 e. The maximum Gasteiger partial charge on any atom is 0.263 e. The van der Waals surface area contributed by atoms with Crippen molar-refractivity contribution in [1.29, 1.82) is 0 Å². The highest BCUT2D eigenvalue weighted by molar-refractivity contribution is 7.90. The predicted octanol–water partition coefficient (Wildman–Crippen LogP) is 4.21. The fourth-order valence-electron chi connectivity index (χ4n) is 3.64. The number of rotatable bonds is 7. The molecule has 0 aliphatic carbocycles. The molecule has 2 N–H and O–H groups in total. The quantitative estimate of drug-likeness (QED) is 0.546. The number of hydrogen-bond donors (Lipinski definition) is 2. The second-order valence-corrected chi connectivity index (χ2v) is 10.4. The third-order valence-corrected chi connectivity index (χ3v) is 7.96. The maximum atomic E-state index is 12.8. The van der Waals surface area contributed by atoms with Crippen LogP contribution in [-0.2, 0) is 14.8 Å². The first kappa shape index (κ1) is 22.2. The number of benzene rings is 2. The van der Waals surface area contributed by atoms with Crippen molar-refractivity contribution in [3.8, 4) is 0 Å². The summed E-state index contributed by atoms with van der Waals surface area (Å²) in [5.41, 5.74) is 2.74. The predicted molar refractivity (Wildman–Crippen MR) is 128 cm³/mol. The van der Waals surface area contributed by atoms with Gasteiger partial charge in [0.25, 0.3) is 10.0 Å². The molecule has 32 heavy (non-hydrogen) atoms. The average molecular weight is 468 g/mol. The van der Waals surface area contributed by atoms with Crippen LogP contribution in [0.5, 0.6) is 0 Å². The summed E-state index contributed by atoms with van der Waals surface area (Å²) < 4.78 is 26.9. The van der Waals surface area contributed by atoms with Gasteiger partial charge >= 0.3 is 0 Å². The number of fused-ring (bicyclic) bond motifs is 1. The van der Waals surface area contributed by atoms with Crippen LogP contribution in [0.2, 0.25) is 0 Å². The molecule has 0 saturated carbocycles. The van der Waals surface area contributed by atoms with E-state index in [4.69, 9.17) is 0 Å². The van der Waals surface area contributed by atoms with Gasteiger partial charge in [0.2, 0.25) is 5.91 Å². The Morgan fingerprint density at radius 1 is 1.06 bits per heavy atom. The van der Waals surface area contributed by atoms with Gasteiger partial charge in [-0.05, 0) is 47.0 Å². The molecule has 3 aromatic rings. The molecule has 0 bridgehead atoms. The summed E-state index contributed by atoms with van der Waals surface area (Å²) in [5, 5.41) is 5.03. The first-order valence-corrected chi connectivity index (χ1v) is 12.8.